The Bertz CT molecular complexity index is 892. The molecule has 6 nitrogen and oxygen atoms in total. The van der Waals surface area contributed by atoms with Crippen LogP contribution in [0.5, 0.6) is 5.75 Å². The number of benzene rings is 2. The lowest BCUT2D eigenvalue weighted by Gasteiger charge is -2.16. The van der Waals surface area contributed by atoms with Gasteiger partial charge in [0.15, 0.2) is 0 Å². The summed E-state index contributed by atoms with van der Waals surface area (Å²) in [5, 5.41) is 0. The summed E-state index contributed by atoms with van der Waals surface area (Å²) in [5.74, 6) is 0.529. The highest BCUT2D eigenvalue weighted by Gasteiger charge is 2.22. The summed E-state index contributed by atoms with van der Waals surface area (Å²) in [5.41, 5.74) is 2.07. The molecule has 0 spiro atoms. The van der Waals surface area contributed by atoms with Crippen LogP contribution in [0.1, 0.15) is 18.4 Å². The Labute approximate surface area is 147 Å². The summed E-state index contributed by atoms with van der Waals surface area (Å²) in [6.45, 7) is 2.57. The van der Waals surface area contributed by atoms with Gasteiger partial charge in [-0.05, 0) is 55.3 Å². The van der Waals surface area contributed by atoms with Gasteiger partial charge in [0.2, 0.25) is 5.91 Å². The van der Waals surface area contributed by atoms with Gasteiger partial charge in [0, 0.05) is 18.7 Å². The fourth-order valence-electron chi connectivity index (χ4n) is 2.81. The number of methoxy groups -OCH3 is 1. The predicted octanol–water partition coefficient (Wildman–Crippen LogP) is 2.93. The van der Waals surface area contributed by atoms with Gasteiger partial charge >= 0.3 is 0 Å². The number of anilines is 2. The van der Waals surface area contributed by atoms with E-state index in [4.69, 9.17) is 4.74 Å². The number of sulfonamides is 1. The molecule has 0 unspecified atom stereocenters. The van der Waals surface area contributed by atoms with Crippen molar-refractivity contribution in [1.82, 2.24) is 0 Å². The highest BCUT2D eigenvalue weighted by Crippen LogP contribution is 2.29. The third-order valence-electron chi connectivity index (χ3n) is 4.13. The molecule has 7 heteroatoms. The molecule has 0 bridgehead atoms. The van der Waals surface area contributed by atoms with Crippen molar-refractivity contribution in [2.45, 2.75) is 24.7 Å². The maximum Gasteiger partial charge on any atom is 0.262 e. The first-order chi connectivity index (χ1) is 11.9. The number of rotatable bonds is 5. The van der Waals surface area contributed by atoms with E-state index in [2.05, 4.69) is 4.72 Å². The summed E-state index contributed by atoms with van der Waals surface area (Å²) in [4.78, 5) is 13.6. The number of hydrogen-bond acceptors (Lipinski definition) is 4. The predicted molar refractivity (Wildman–Crippen MR) is 96.6 cm³/mol. The van der Waals surface area contributed by atoms with Crippen LogP contribution in [0.15, 0.2) is 47.4 Å². The van der Waals surface area contributed by atoms with E-state index in [1.165, 1.54) is 19.2 Å². The van der Waals surface area contributed by atoms with Crippen molar-refractivity contribution in [3.8, 4) is 5.75 Å². The van der Waals surface area contributed by atoms with E-state index in [-0.39, 0.29) is 10.8 Å². The van der Waals surface area contributed by atoms with E-state index in [0.29, 0.717) is 24.4 Å². The number of amides is 1. The molecule has 0 saturated carbocycles. The molecule has 2 aromatic carbocycles. The van der Waals surface area contributed by atoms with Gasteiger partial charge in [-0.25, -0.2) is 8.42 Å². The summed E-state index contributed by atoms with van der Waals surface area (Å²) in [6, 6.07) is 11.6. The van der Waals surface area contributed by atoms with Crippen LogP contribution in [-0.2, 0) is 14.8 Å². The maximum atomic E-state index is 12.6. The van der Waals surface area contributed by atoms with Gasteiger partial charge in [0.05, 0.1) is 17.7 Å². The molecule has 3 rings (SSSR count). The molecule has 1 aliphatic heterocycles. The van der Waals surface area contributed by atoms with Crippen LogP contribution in [-0.4, -0.2) is 28.0 Å². The first-order valence-corrected chi connectivity index (χ1v) is 9.47. The van der Waals surface area contributed by atoms with Crippen molar-refractivity contribution < 1.29 is 17.9 Å². The minimum absolute atomic E-state index is 0.0677. The van der Waals surface area contributed by atoms with E-state index >= 15 is 0 Å². The largest absolute Gasteiger partial charge is 0.495 e. The first kappa shape index (κ1) is 17.3. The van der Waals surface area contributed by atoms with Gasteiger partial charge in [0.25, 0.3) is 10.0 Å². The van der Waals surface area contributed by atoms with Gasteiger partial charge in [-0.1, -0.05) is 6.07 Å². The topological polar surface area (TPSA) is 75.7 Å². The monoisotopic (exact) mass is 360 g/mol. The number of aryl methyl sites for hydroxylation is 1. The third-order valence-corrected chi connectivity index (χ3v) is 5.51. The quantitative estimate of drug-likeness (QED) is 0.889. The van der Waals surface area contributed by atoms with E-state index in [0.717, 1.165) is 17.7 Å². The van der Waals surface area contributed by atoms with Crippen molar-refractivity contribution in [2.75, 3.05) is 23.3 Å². The highest BCUT2D eigenvalue weighted by molar-refractivity contribution is 7.92. The van der Waals surface area contributed by atoms with Crippen LogP contribution in [0.25, 0.3) is 0 Å². The summed E-state index contributed by atoms with van der Waals surface area (Å²) >= 11 is 0. The average molecular weight is 360 g/mol. The first-order valence-electron chi connectivity index (χ1n) is 7.98. The second kappa shape index (κ2) is 6.76. The minimum Gasteiger partial charge on any atom is -0.495 e. The highest BCUT2D eigenvalue weighted by atomic mass is 32.2. The molecule has 1 saturated heterocycles. The Morgan fingerprint density at radius 3 is 2.44 bits per heavy atom. The van der Waals surface area contributed by atoms with Gasteiger partial charge < -0.3 is 9.64 Å². The smallest absolute Gasteiger partial charge is 0.262 e. The molecule has 1 amide bonds. The van der Waals surface area contributed by atoms with E-state index in [9.17, 15) is 13.2 Å². The molecule has 25 heavy (non-hydrogen) atoms. The summed E-state index contributed by atoms with van der Waals surface area (Å²) < 4.78 is 33.0. The van der Waals surface area contributed by atoms with Crippen LogP contribution in [0, 0.1) is 6.92 Å². The van der Waals surface area contributed by atoms with E-state index in [1.807, 2.05) is 13.0 Å². The zero-order valence-electron chi connectivity index (χ0n) is 14.2. The van der Waals surface area contributed by atoms with Gasteiger partial charge in [-0.15, -0.1) is 0 Å². The number of nitrogens with zero attached hydrogens (tertiary/aromatic N) is 1. The van der Waals surface area contributed by atoms with Crippen LogP contribution in [0.3, 0.4) is 0 Å². The third kappa shape index (κ3) is 3.61. The molecule has 1 aliphatic rings. The fourth-order valence-corrected chi connectivity index (χ4v) is 3.88. The lowest BCUT2D eigenvalue weighted by molar-refractivity contribution is -0.117. The molecule has 0 atom stereocenters. The van der Waals surface area contributed by atoms with Crippen molar-refractivity contribution in [2.24, 2.45) is 0 Å². The molecule has 0 aliphatic carbocycles. The molecule has 2 aromatic rings. The number of nitrogens with one attached hydrogen (secondary N) is 1. The lowest BCUT2D eigenvalue weighted by atomic mass is 10.2. The van der Waals surface area contributed by atoms with Gasteiger partial charge in [-0.2, -0.15) is 0 Å². The number of carbonyl (C=O) groups is 1. The van der Waals surface area contributed by atoms with Crippen molar-refractivity contribution in [3.05, 3.63) is 48.0 Å². The summed E-state index contributed by atoms with van der Waals surface area (Å²) in [7, 11) is -2.25. The van der Waals surface area contributed by atoms with E-state index < -0.39 is 10.0 Å². The molecule has 1 heterocycles. The Kier molecular flexibility index (Phi) is 4.67. The van der Waals surface area contributed by atoms with Crippen molar-refractivity contribution in [3.63, 3.8) is 0 Å². The lowest BCUT2D eigenvalue weighted by Crippen LogP contribution is -2.23. The number of ether oxygens (including phenoxy) is 1. The van der Waals surface area contributed by atoms with Crippen LogP contribution >= 0.6 is 0 Å². The second-order valence-electron chi connectivity index (χ2n) is 5.95. The maximum absolute atomic E-state index is 12.6. The number of hydrogen-bond donors (Lipinski definition) is 1. The van der Waals surface area contributed by atoms with Crippen LogP contribution < -0.4 is 14.4 Å². The average Bonchev–Trinajstić information content (AvgIpc) is 3.02. The fraction of sp³-hybridized carbons (Fsp3) is 0.278. The molecule has 0 radical (unpaired) electrons. The number of carbonyl (C=O) groups excluding carboxylic acids is 1. The SMILES string of the molecule is COc1cc(C)ccc1NS(=O)(=O)c1ccc(N2CCCC2=O)cc1. The van der Waals surface area contributed by atoms with E-state index in [1.54, 1.807) is 29.2 Å². The zero-order chi connectivity index (χ0) is 18.0. The zero-order valence-corrected chi connectivity index (χ0v) is 15.0. The molecule has 0 aromatic heterocycles. The summed E-state index contributed by atoms with van der Waals surface area (Å²) in [6.07, 6.45) is 1.36. The van der Waals surface area contributed by atoms with Gasteiger partial charge in [0.1, 0.15) is 5.75 Å². The molecule has 132 valence electrons. The van der Waals surface area contributed by atoms with Crippen molar-refractivity contribution in [1.29, 1.82) is 0 Å². The molecule has 1 fully saturated rings. The molecular weight excluding hydrogens is 340 g/mol. The standard InChI is InChI=1S/C18H20N2O4S/c1-13-5-10-16(17(12-13)24-2)19-25(22,23)15-8-6-14(7-9-15)20-11-3-4-18(20)21/h5-10,12,19H,3-4,11H2,1-2H3. The Morgan fingerprint density at radius 1 is 1.12 bits per heavy atom. The molecular formula is C18H20N2O4S. The van der Waals surface area contributed by atoms with Crippen LogP contribution in [0.2, 0.25) is 0 Å². The second-order valence-corrected chi connectivity index (χ2v) is 7.63. The Balaban J connectivity index is 1.84. The Morgan fingerprint density at radius 2 is 1.84 bits per heavy atom. The van der Waals surface area contributed by atoms with Crippen molar-refractivity contribution >= 4 is 27.3 Å². The minimum atomic E-state index is -3.75. The van der Waals surface area contributed by atoms with Crippen LogP contribution in [0.4, 0.5) is 11.4 Å². The normalized spacial score (nSPS) is 14.6. The van der Waals surface area contributed by atoms with Gasteiger partial charge in [-0.3, -0.25) is 9.52 Å². The molecule has 1 N–H and O–H groups in total. The Hall–Kier alpha value is -2.54.